The highest BCUT2D eigenvalue weighted by Gasteiger charge is 2.27. The van der Waals surface area contributed by atoms with Crippen LogP contribution in [0.15, 0.2) is 54.6 Å². The molecule has 2 unspecified atom stereocenters. The highest BCUT2D eigenvalue weighted by Crippen LogP contribution is 2.28. The van der Waals surface area contributed by atoms with Crippen molar-refractivity contribution < 1.29 is 9.59 Å². The Bertz CT molecular complexity index is 1060. The van der Waals surface area contributed by atoms with Crippen molar-refractivity contribution in [3.8, 4) is 10.6 Å². The first kappa shape index (κ1) is 24.9. The van der Waals surface area contributed by atoms with Crippen LogP contribution in [0.4, 0.5) is 5.13 Å². The van der Waals surface area contributed by atoms with Gasteiger partial charge in [-0.1, -0.05) is 79.2 Å². The van der Waals surface area contributed by atoms with Gasteiger partial charge >= 0.3 is 0 Å². The van der Waals surface area contributed by atoms with E-state index in [1.807, 2.05) is 68.1 Å². The first-order chi connectivity index (χ1) is 15.9. The van der Waals surface area contributed by atoms with Gasteiger partial charge in [0.05, 0.1) is 5.92 Å². The van der Waals surface area contributed by atoms with E-state index in [1.165, 1.54) is 11.3 Å². The van der Waals surface area contributed by atoms with Gasteiger partial charge in [-0.25, -0.2) is 0 Å². The highest BCUT2D eigenvalue weighted by atomic mass is 35.5. The molecule has 3 aromatic rings. The smallest absolute Gasteiger partial charge is 0.230 e. The van der Waals surface area contributed by atoms with Crippen molar-refractivity contribution in [1.29, 1.82) is 0 Å². The molecule has 1 heterocycles. The zero-order chi connectivity index (χ0) is 23.8. The summed E-state index contributed by atoms with van der Waals surface area (Å²) in [5.74, 6) is -0.345. The van der Waals surface area contributed by atoms with Crippen LogP contribution in [0.3, 0.4) is 0 Å². The lowest BCUT2D eigenvalue weighted by molar-refractivity contribution is -0.135. The quantitative estimate of drug-likeness (QED) is 0.382. The number of carbonyl (C=O) groups excluding carboxylic acids is 2. The third-order valence-electron chi connectivity index (χ3n) is 5.66. The summed E-state index contributed by atoms with van der Waals surface area (Å²) in [6, 6.07) is 17.2. The van der Waals surface area contributed by atoms with Crippen molar-refractivity contribution in [3.63, 3.8) is 0 Å². The van der Waals surface area contributed by atoms with Gasteiger partial charge in [0.2, 0.25) is 16.9 Å². The molecule has 0 saturated heterocycles. The second kappa shape index (κ2) is 11.9. The number of rotatable bonds is 10. The average Bonchev–Trinajstić information content (AvgIpc) is 3.29. The molecular weight excluding hydrogens is 456 g/mol. The zero-order valence-corrected chi connectivity index (χ0v) is 20.7. The molecule has 2 aromatic carbocycles. The van der Waals surface area contributed by atoms with E-state index in [9.17, 15) is 9.59 Å². The van der Waals surface area contributed by atoms with Crippen LogP contribution in [0.25, 0.3) is 10.6 Å². The van der Waals surface area contributed by atoms with Crippen molar-refractivity contribution >= 4 is 39.9 Å². The largest absolute Gasteiger partial charge is 0.339 e. The average molecular weight is 485 g/mol. The third kappa shape index (κ3) is 6.62. The maximum absolute atomic E-state index is 13.4. The Balaban J connectivity index is 1.63. The minimum absolute atomic E-state index is 0.0427. The number of hydrogen-bond donors (Lipinski definition) is 1. The van der Waals surface area contributed by atoms with Crippen molar-refractivity contribution in [2.75, 3.05) is 11.9 Å². The van der Waals surface area contributed by atoms with Gasteiger partial charge in [0.1, 0.15) is 5.01 Å². The summed E-state index contributed by atoms with van der Waals surface area (Å²) >= 11 is 7.23. The normalized spacial score (nSPS) is 12.7. The predicted octanol–water partition coefficient (Wildman–Crippen LogP) is 6.01. The summed E-state index contributed by atoms with van der Waals surface area (Å²) in [4.78, 5) is 27.9. The van der Waals surface area contributed by atoms with Gasteiger partial charge in [-0.15, -0.1) is 10.2 Å². The van der Waals surface area contributed by atoms with E-state index in [-0.39, 0.29) is 30.2 Å². The minimum atomic E-state index is -0.214. The second-order valence-electron chi connectivity index (χ2n) is 7.88. The van der Waals surface area contributed by atoms with Crippen LogP contribution in [-0.4, -0.2) is 39.5 Å². The fraction of sp³-hybridized carbons (Fsp3) is 0.360. The van der Waals surface area contributed by atoms with Gasteiger partial charge in [0.15, 0.2) is 0 Å². The Morgan fingerprint density at radius 2 is 1.73 bits per heavy atom. The second-order valence-corrected chi connectivity index (χ2v) is 9.29. The number of benzene rings is 2. The Hall–Kier alpha value is -2.77. The van der Waals surface area contributed by atoms with E-state index in [2.05, 4.69) is 15.5 Å². The van der Waals surface area contributed by atoms with Gasteiger partial charge in [-0.05, 0) is 37.5 Å². The molecule has 6 nitrogen and oxygen atoms in total. The van der Waals surface area contributed by atoms with Crippen LogP contribution in [0.1, 0.15) is 51.5 Å². The van der Waals surface area contributed by atoms with E-state index >= 15 is 0 Å². The molecule has 1 aromatic heterocycles. The molecule has 8 heteroatoms. The molecule has 0 saturated carbocycles. The molecule has 1 N–H and O–H groups in total. The van der Waals surface area contributed by atoms with E-state index in [1.54, 1.807) is 12.1 Å². The van der Waals surface area contributed by atoms with E-state index in [0.29, 0.717) is 28.1 Å². The highest BCUT2D eigenvalue weighted by molar-refractivity contribution is 7.18. The van der Waals surface area contributed by atoms with Crippen molar-refractivity contribution in [1.82, 2.24) is 15.1 Å². The molecule has 0 fully saturated rings. The number of anilines is 1. The van der Waals surface area contributed by atoms with Crippen molar-refractivity contribution in [2.45, 2.75) is 52.0 Å². The number of amides is 2. The molecule has 2 amide bonds. The van der Waals surface area contributed by atoms with Crippen LogP contribution in [0.2, 0.25) is 5.02 Å². The molecule has 0 aliphatic carbocycles. The standard InChI is InChI=1S/C25H29ClN4O2S/c1-4-17(3)30(24(32)21(5-2)18-9-7-6-8-10-18)16-15-22(31)27-25-29-28-23(33-25)19-11-13-20(26)14-12-19/h6-14,17,21H,4-5,15-16H2,1-3H3,(H,27,29,31). The van der Waals surface area contributed by atoms with E-state index in [0.717, 1.165) is 17.5 Å². The summed E-state index contributed by atoms with van der Waals surface area (Å²) in [6.45, 7) is 6.45. The van der Waals surface area contributed by atoms with Crippen molar-refractivity contribution in [2.24, 2.45) is 0 Å². The lowest BCUT2D eigenvalue weighted by Gasteiger charge is -2.32. The fourth-order valence-corrected chi connectivity index (χ4v) is 4.48. The number of aromatic nitrogens is 2. The summed E-state index contributed by atoms with van der Waals surface area (Å²) in [6.07, 6.45) is 1.72. The van der Waals surface area contributed by atoms with Gasteiger partial charge in [-0.3, -0.25) is 9.59 Å². The van der Waals surface area contributed by atoms with Gasteiger partial charge in [0.25, 0.3) is 0 Å². The SMILES string of the molecule is CCC(C(=O)N(CCC(=O)Nc1nnc(-c2ccc(Cl)cc2)s1)C(C)CC)c1ccccc1. The monoisotopic (exact) mass is 484 g/mol. The molecule has 174 valence electrons. The Labute approximate surface area is 204 Å². The first-order valence-electron chi connectivity index (χ1n) is 11.2. The maximum atomic E-state index is 13.4. The van der Waals surface area contributed by atoms with E-state index < -0.39 is 0 Å². The Kier molecular flexibility index (Phi) is 8.97. The molecule has 0 aliphatic rings. The molecule has 0 aliphatic heterocycles. The predicted molar refractivity (Wildman–Crippen MR) is 135 cm³/mol. The van der Waals surface area contributed by atoms with Crippen LogP contribution >= 0.6 is 22.9 Å². The van der Waals surface area contributed by atoms with Crippen LogP contribution in [-0.2, 0) is 9.59 Å². The molecular formula is C25H29ClN4O2S. The molecule has 3 rings (SSSR count). The molecule has 2 atom stereocenters. The molecule has 0 spiro atoms. The van der Waals surface area contributed by atoms with Crippen LogP contribution in [0.5, 0.6) is 0 Å². The topological polar surface area (TPSA) is 75.2 Å². The Morgan fingerprint density at radius 1 is 1.03 bits per heavy atom. The first-order valence-corrected chi connectivity index (χ1v) is 12.4. The Morgan fingerprint density at radius 3 is 2.36 bits per heavy atom. The van der Waals surface area contributed by atoms with Gasteiger partial charge in [0, 0.05) is 29.6 Å². The molecule has 33 heavy (non-hydrogen) atoms. The molecule has 0 radical (unpaired) electrons. The summed E-state index contributed by atoms with van der Waals surface area (Å²) in [7, 11) is 0. The van der Waals surface area contributed by atoms with E-state index in [4.69, 9.17) is 11.6 Å². The number of nitrogens with one attached hydrogen (secondary N) is 1. The summed E-state index contributed by atoms with van der Waals surface area (Å²) in [5, 5.41) is 12.8. The number of hydrogen-bond acceptors (Lipinski definition) is 5. The van der Waals surface area contributed by atoms with Gasteiger partial charge in [-0.2, -0.15) is 0 Å². The molecule has 0 bridgehead atoms. The minimum Gasteiger partial charge on any atom is -0.339 e. The number of halogens is 1. The summed E-state index contributed by atoms with van der Waals surface area (Å²) in [5.41, 5.74) is 1.89. The van der Waals surface area contributed by atoms with Gasteiger partial charge < -0.3 is 10.2 Å². The van der Waals surface area contributed by atoms with Crippen LogP contribution in [0, 0.1) is 0 Å². The summed E-state index contributed by atoms with van der Waals surface area (Å²) < 4.78 is 0. The van der Waals surface area contributed by atoms with Crippen molar-refractivity contribution in [3.05, 3.63) is 65.2 Å². The third-order valence-corrected chi connectivity index (χ3v) is 6.80. The lowest BCUT2D eigenvalue weighted by Crippen LogP contribution is -2.42. The lowest BCUT2D eigenvalue weighted by atomic mass is 9.94. The fourth-order valence-electron chi connectivity index (χ4n) is 3.59. The maximum Gasteiger partial charge on any atom is 0.230 e. The number of nitrogens with zero attached hydrogens (tertiary/aromatic N) is 3. The van der Waals surface area contributed by atoms with Crippen LogP contribution < -0.4 is 5.32 Å². The zero-order valence-electron chi connectivity index (χ0n) is 19.1. The number of carbonyl (C=O) groups is 2.